The molecule has 0 saturated carbocycles. The van der Waals surface area contributed by atoms with Crippen LogP contribution in [0.3, 0.4) is 0 Å². The Morgan fingerprint density at radius 3 is 2.43 bits per heavy atom. The van der Waals surface area contributed by atoms with E-state index in [9.17, 15) is 19.1 Å². The van der Waals surface area contributed by atoms with E-state index in [1.54, 1.807) is 20.8 Å². The van der Waals surface area contributed by atoms with Crippen LogP contribution in [0, 0.1) is 5.82 Å². The van der Waals surface area contributed by atoms with Crippen molar-refractivity contribution in [3.63, 3.8) is 0 Å². The number of ether oxygens (including phenoxy) is 2. The lowest BCUT2D eigenvalue weighted by Gasteiger charge is -2.20. The number of aromatic nitrogens is 1. The first-order chi connectivity index (χ1) is 12.9. The van der Waals surface area contributed by atoms with Crippen LogP contribution < -0.4 is 10.1 Å². The smallest absolute Gasteiger partial charge is 0.412 e. The number of methoxy groups -OCH3 is 1. The first-order valence-corrected chi connectivity index (χ1v) is 8.66. The molecule has 0 aliphatic rings. The van der Waals surface area contributed by atoms with Gasteiger partial charge in [0.2, 0.25) is 0 Å². The van der Waals surface area contributed by atoms with Gasteiger partial charge in [-0.2, -0.15) is 0 Å². The van der Waals surface area contributed by atoms with Gasteiger partial charge >= 0.3 is 12.1 Å². The van der Waals surface area contributed by atoms with Crippen LogP contribution in [0.1, 0.15) is 31.3 Å². The number of rotatable bonds is 4. The second-order valence-corrected chi connectivity index (χ2v) is 7.38. The van der Waals surface area contributed by atoms with Crippen molar-refractivity contribution in [2.75, 3.05) is 12.4 Å². The predicted molar refractivity (Wildman–Crippen MR) is 103 cm³/mol. The summed E-state index contributed by atoms with van der Waals surface area (Å²) in [6.45, 7) is 4.97. The summed E-state index contributed by atoms with van der Waals surface area (Å²) in [5.74, 6) is -2.53. The number of carboxylic acids is 1. The Labute approximate surface area is 170 Å². The van der Waals surface area contributed by atoms with Gasteiger partial charge in [0.25, 0.3) is 0 Å². The summed E-state index contributed by atoms with van der Waals surface area (Å²) in [5, 5.41) is 11.4. The summed E-state index contributed by atoms with van der Waals surface area (Å²) in [5.41, 5.74) is -1.66. The molecule has 2 aromatic rings. The zero-order chi connectivity index (χ0) is 21.2. The van der Waals surface area contributed by atoms with E-state index in [1.807, 2.05) is 0 Å². The maximum Gasteiger partial charge on any atom is 0.412 e. The summed E-state index contributed by atoms with van der Waals surface area (Å²) in [4.78, 5) is 27.4. The molecule has 150 valence electrons. The average molecular weight is 431 g/mol. The molecule has 0 spiro atoms. The molecule has 2 rings (SSSR count). The van der Waals surface area contributed by atoms with Gasteiger partial charge in [-0.3, -0.25) is 5.32 Å². The predicted octanol–water partition coefficient (Wildman–Crippen LogP) is 5.25. The van der Waals surface area contributed by atoms with Crippen LogP contribution >= 0.6 is 23.2 Å². The molecule has 0 saturated heterocycles. The summed E-state index contributed by atoms with van der Waals surface area (Å²) < 4.78 is 24.8. The molecule has 0 bridgehead atoms. The van der Waals surface area contributed by atoms with Crippen molar-refractivity contribution in [3.05, 3.63) is 39.8 Å². The lowest BCUT2D eigenvalue weighted by molar-refractivity contribution is 0.0632. The van der Waals surface area contributed by atoms with Gasteiger partial charge in [0.1, 0.15) is 5.60 Å². The Balaban J connectivity index is 2.60. The van der Waals surface area contributed by atoms with Crippen molar-refractivity contribution in [3.8, 4) is 17.0 Å². The quantitative estimate of drug-likeness (QED) is 0.687. The van der Waals surface area contributed by atoms with E-state index in [2.05, 4.69) is 10.3 Å². The van der Waals surface area contributed by atoms with E-state index in [-0.39, 0.29) is 32.7 Å². The monoisotopic (exact) mass is 430 g/mol. The Morgan fingerprint density at radius 2 is 1.89 bits per heavy atom. The summed E-state index contributed by atoms with van der Waals surface area (Å²) in [7, 11) is 1.24. The van der Waals surface area contributed by atoms with E-state index in [0.717, 1.165) is 0 Å². The Bertz CT molecular complexity index is 945. The molecule has 0 unspecified atom stereocenters. The van der Waals surface area contributed by atoms with Gasteiger partial charge in [0.15, 0.2) is 17.3 Å². The fourth-order valence-corrected chi connectivity index (χ4v) is 2.68. The van der Waals surface area contributed by atoms with E-state index < -0.39 is 29.2 Å². The highest BCUT2D eigenvalue weighted by Gasteiger charge is 2.23. The van der Waals surface area contributed by atoms with Gasteiger partial charge < -0.3 is 14.6 Å². The molecule has 0 aliphatic heterocycles. The second kappa shape index (κ2) is 8.20. The van der Waals surface area contributed by atoms with Crippen LogP contribution in [0.4, 0.5) is 14.9 Å². The Hall–Kier alpha value is -2.58. The molecule has 1 amide bonds. The molecule has 0 atom stereocenters. The minimum Gasteiger partial charge on any atom is -0.492 e. The maximum atomic E-state index is 14.7. The van der Waals surface area contributed by atoms with Gasteiger partial charge in [0, 0.05) is 5.56 Å². The number of carbonyl (C=O) groups excluding carboxylic acids is 1. The number of pyridine rings is 1. The van der Waals surface area contributed by atoms with E-state index in [0.29, 0.717) is 0 Å². The standard InChI is InChI=1S/C18H17Cl2FN2O5/c1-18(2,3)28-17(26)23-11-7-10(22-14(12(11)20)16(24)25)8-5-6-9(19)15(27-4)13(8)21/h5-7H,1-4H3,(H,24,25)(H,22,23,26). The van der Waals surface area contributed by atoms with Crippen molar-refractivity contribution in [1.82, 2.24) is 4.98 Å². The van der Waals surface area contributed by atoms with Crippen LogP contribution in [0.5, 0.6) is 5.75 Å². The number of hydrogen-bond acceptors (Lipinski definition) is 5. The number of carbonyl (C=O) groups is 2. The maximum absolute atomic E-state index is 14.7. The zero-order valence-electron chi connectivity index (χ0n) is 15.4. The molecule has 2 N–H and O–H groups in total. The van der Waals surface area contributed by atoms with E-state index in [4.69, 9.17) is 32.7 Å². The number of nitrogens with one attached hydrogen (secondary N) is 1. The number of nitrogens with zero attached hydrogens (tertiary/aromatic N) is 1. The Kier molecular flexibility index (Phi) is 6.36. The first kappa shape index (κ1) is 21.7. The molecule has 7 nitrogen and oxygen atoms in total. The number of carboxylic acid groups (broad SMARTS) is 1. The fourth-order valence-electron chi connectivity index (χ4n) is 2.23. The highest BCUT2D eigenvalue weighted by atomic mass is 35.5. The molecule has 1 aromatic heterocycles. The topological polar surface area (TPSA) is 97.8 Å². The summed E-state index contributed by atoms with van der Waals surface area (Å²) in [6.07, 6.45) is -0.864. The molecular weight excluding hydrogens is 414 g/mol. The van der Waals surface area contributed by atoms with Gasteiger partial charge in [-0.1, -0.05) is 23.2 Å². The Morgan fingerprint density at radius 1 is 1.25 bits per heavy atom. The minimum atomic E-state index is -1.46. The largest absolute Gasteiger partial charge is 0.492 e. The summed E-state index contributed by atoms with van der Waals surface area (Å²) >= 11 is 11.9. The van der Waals surface area contributed by atoms with Gasteiger partial charge in [-0.15, -0.1) is 0 Å². The number of benzene rings is 1. The van der Waals surface area contributed by atoms with Crippen LogP contribution in [-0.4, -0.2) is 34.9 Å². The molecule has 1 heterocycles. The highest BCUT2D eigenvalue weighted by Crippen LogP contribution is 2.37. The molecule has 0 fully saturated rings. The average Bonchev–Trinajstić information content (AvgIpc) is 2.55. The normalized spacial score (nSPS) is 11.1. The fraction of sp³-hybridized carbons (Fsp3) is 0.278. The number of aromatic carboxylic acids is 1. The van der Waals surface area contributed by atoms with Crippen molar-refractivity contribution in [2.45, 2.75) is 26.4 Å². The third-order valence-electron chi connectivity index (χ3n) is 3.33. The SMILES string of the molecule is COc1c(Cl)ccc(-c2cc(NC(=O)OC(C)(C)C)c(Cl)c(C(=O)O)n2)c1F. The van der Waals surface area contributed by atoms with Crippen LogP contribution in [0.25, 0.3) is 11.3 Å². The first-order valence-electron chi connectivity index (χ1n) is 7.90. The van der Waals surface area contributed by atoms with Crippen molar-refractivity contribution in [2.24, 2.45) is 0 Å². The van der Waals surface area contributed by atoms with Crippen molar-refractivity contribution >= 4 is 41.0 Å². The van der Waals surface area contributed by atoms with Crippen LogP contribution in [-0.2, 0) is 4.74 Å². The zero-order valence-corrected chi connectivity index (χ0v) is 16.9. The number of anilines is 1. The number of halogens is 3. The third kappa shape index (κ3) is 4.82. The van der Waals surface area contributed by atoms with Gasteiger partial charge in [0.05, 0.1) is 28.5 Å². The molecule has 0 radical (unpaired) electrons. The molecule has 28 heavy (non-hydrogen) atoms. The van der Waals surface area contributed by atoms with Crippen molar-refractivity contribution < 1.29 is 28.6 Å². The van der Waals surface area contributed by atoms with Gasteiger partial charge in [-0.25, -0.2) is 19.0 Å². The van der Waals surface area contributed by atoms with Crippen LogP contribution in [0.15, 0.2) is 18.2 Å². The number of hydrogen-bond donors (Lipinski definition) is 2. The van der Waals surface area contributed by atoms with Gasteiger partial charge in [-0.05, 0) is 39.0 Å². The molecule has 1 aromatic carbocycles. The number of amides is 1. The molecular formula is C18H17Cl2FN2O5. The van der Waals surface area contributed by atoms with E-state index >= 15 is 0 Å². The third-order valence-corrected chi connectivity index (χ3v) is 4.01. The van der Waals surface area contributed by atoms with E-state index in [1.165, 1.54) is 25.3 Å². The minimum absolute atomic E-state index is 0.0308. The second-order valence-electron chi connectivity index (χ2n) is 6.59. The van der Waals surface area contributed by atoms with Crippen LogP contribution in [0.2, 0.25) is 10.0 Å². The highest BCUT2D eigenvalue weighted by molar-refractivity contribution is 6.36. The molecule has 10 heteroatoms. The summed E-state index contributed by atoms with van der Waals surface area (Å²) in [6, 6.07) is 3.90. The molecule has 0 aliphatic carbocycles. The lowest BCUT2D eigenvalue weighted by atomic mass is 10.1. The van der Waals surface area contributed by atoms with Crippen molar-refractivity contribution in [1.29, 1.82) is 0 Å². The lowest BCUT2D eigenvalue weighted by Crippen LogP contribution is -2.27.